The van der Waals surface area contributed by atoms with Gasteiger partial charge in [0.2, 0.25) is 0 Å². The van der Waals surface area contributed by atoms with Gasteiger partial charge >= 0.3 is 6.09 Å². The van der Waals surface area contributed by atoms with Gasteiger partial charge in [0, 0.05) is 12.1 Å². The lowest BCUT2D eigenvalue weighted by Gasteiger charge is -2.31. The van der Waals surface area contributed by atoms with E-state index in [-0.39, 0.29) is 12.5 Å². The molecule has 1 aliphatic heterocycles. The Balaban J connectivity index is 1.48. The Hall–Kier alpha value is -4.12. The maximum atomic E-state index is 13.3. The molecule has 172 valence electrons. The summed E-state index contributed by atoms with van der Waals surface area (Å²) in [7, 11) is 0. The summed E-state index contributed by atoms with van der Waals surface area (Å²) in [5.41, 5.74) is 9.82. The van der Waals surface area contributed by atoms with Crippen molar-refractivity contribution in [3.8, 4) is 23.0 Å². The van der Waals surface area contributed by atoms with Gasteiger partial charge in [-0.25, -0.2) is 9.48 Å². The van der Waals surface area contributed by atoms with E-state index in [4.69, 9.17) is 15.7 Å². The molecule has 0 unspecified atom stereocenters. The number of rotatable bonds is 5. The molecular weight excluding hydrogens is 430 g/mol. The highest BCUT2D eigenvalue weighted by molar-refractivity contribution is 5.93. The first-order chi connectivity index (χ1) is 16.5. The van der Waals surface area contributed by atoms with Gasteiger partial charge < -0.3 is 15.4 Å². The summed E-state index contributed by atoms with van der Waals surface area (Å²) < 4.78 is 6.90. The molecule has 2 aliphatic rings. The van der Waals surface area contributed by atoms with Gasteiger partial charge in [-0.2, -0.15) is 10.4 Å². The summed E-state index contributed by atoms with van der Waals surface area (Å²) in [6.45, 7) is 0.851. The molecule has 2 N–H and O–H groups in total. The number of carbonyl (C=O) groups is 2. The van der Waals surface area contributed by atoms with Crippen LogP contribution in [0, 0.1) is 11.3 Å². The van der Waals surface area contributed by atoms with Crippen LogP contribution in [0.5, 0.6) is 0 Å². The second-order valence-corrected chi connectivity index (χ2v) is 8.83. The Kier molecular flexibility index (Phi) is 5.76. The molecule has 5 rings (SSSR count). The third-order valence-corrected chi connectivity index (χ3v) is 6.37. The van der Waals surface area contributed by atoms with E-state index >= 15 is 0 Å². The van der Waals surface area contributed by atoms with E-state index < -0.39 is 12.2 Å². The monoisotopic (exact) mass is 455 g/mol. The molecule has 1 saturated heterocycles. The molecule has 8 heteroatoms. The van der Waals surface area contributed by atoms with Gasteiger partial charge in [-0.3, -0.25) is 4.79 Å². The van der Waals surface area contributed by atoms with Crippen molar-refractivity contribution in [3.05, 3.63) is 71.4 Å². The highest BCUT2D eigenvalue weighted by Gasteiger charge is 2.29. The number of nitrogens with zero attached hydrogens (tertiary/aromatic N) is 4. The highest BCUT2D eigenvalue weighted by atomic mass is 16.6. The normalized spacial score (nSPS) is 17.7. The molecule has 2 heterocycles. The number of benzene rings is 2. The van der Waals surface area contributed by atoms with Gasteiger partial charge in [-0.1, -0.05) is 24.3 Å². The maximum absolute atomic E-state index is 13.3. The third kappa shape index (κ3) is 4.50. The van der Waals surface area contributed by atoms with Crippen molar-refractivity contribution in [2.45, 2.75) is 37.7 Å². The van der Waals surface area contributed by atoms with Crippen LogP contribution in [-0.2, 0) is 4.74 Å². The number of carbonyl (C=O) groups excluding carboxylic acids is 2. The standard InChI is InChI=1S/C26H25N5O3/c27-15-17-3-5-20(6-4-17)24-14-23(25(32)30-13-1-2-22(16-30)34-26(28)33)29-31(24)21-11-9-19(10-12-21)18-7-8-18/h3-6,9-12,14,18,22H,1-2,7-8,13,16H2,(H2,28,33)/t22-/m1/s1. The average molecular weight is 456 g/mol. The van der Waals surface area contributed by atoms with E-state index in [1.165, 1.54) is 18.4 Å². The molecule has 1 aromatic heterocycles. The summed E-state index contributed by atoms with van der Waals surface area (Å²) in [5, 5.41) is 13.8. The number of hydrogen-bond acceptors (Lipinski definition) is 5. The van der Waals surface area contributed by atoms with E-state index in [0.717, 1.165) is 23.4 Å². The third-order valence-electron chi connectivity index (χ3n) is 6.37. The minimum atomic E-state index is -0.832. The van der Waals surface area contributed by atoms with Gasteiger partial charge in [-0.15, -0.1) is 0 Å². The second-order valence-electron chi connectivity index (χ2n) is 8.83. The zero-order valence-corrected chi connectivity index (χ0v) is 18.7. The molecule has 1 saturated carbocycles. The number of nitriles is 1. The van der Waals surface area contributed by atoms with Crippen molar-refractivity contribution in [2.75, 3.05) is 13.1 Å². The first-order valence-electron chi connectivity index (χ1n) is 11.5. The smallest absolute Gasteiger partial charge is 0.404 e. The number of primary amides is 1. The molecule has 0 spiro atoms. The average Bonchev–Trinajstić information content (AvgIpc) is 3.62. The number of amides is 2. The van der Waals surface area contributed by atoms with Crippen LogP contribution in [0.4, 0.5) is 4.79 Å². The van der Waals surface area contributed by atoms with E-state index in [1.54, 1.807) is 27.8 Å². The summed E-state index contributed by atoms with van der Waals surface area (Å²) in [6.07, 6.45) is 2.60. The molecule has 1 atom stereocenters. The summed E-state index contributed by atoms with van der Waals surface area (Å²) in [4.78, 5) is 26.2. The number of likely N-dealkylation sites (tertiary alicyclic amines) is 1. The Morgan fingerprint density at radius 2 is 1.79 bits per heavy atom. The van der Waals surface area contributed by atoms with Crippen LogP contribution in [-0.4, -0.2) is 45.9 Å². The predicted octanol–water partition coefficient (Wildman–Crippen LogP) is 3.99. The molecule has 2 aromatic carbocycles. The van der Waals surface area contributed by atoms with E-state index in [2.05, 4.69) is 23.3 Å². The Morgan fingerprint density at radius 3 is 2.44 bits per heavy atom. The van der Waals surface area contributed by atoms with Crippen molar-refractivity contribution in [1.82, 2.24) is 14.7 Å². The van der Waals surface area contributed by atoms with Gasteiger partial charge in [-0.05, 0) is 67.5 Å². The first kappa shape index (κ1) is 21.7. The van der Waals surface area contributed by atoms with E-state index in [1.807, 2.05) is 24.3 Å². The quantitative estimate of drug-likeness (QED) is 0.625. The van der Waals surface area contributed by atoms with Crippen LogP contribution in [0.3, 0.4) is 0 Å². The number of nitrogens with two attached hydrogens (primary N) is 1. The topological polar surface area (TPSA) is 114 Å². The minimum Gasteiger partial charge on any atom is -0.445 e. The first-order valence-corrected chi connectivity index (χ1v) is 11.5. The lowest BCUT2D eigenvalue weighted by atomic mass is 10.1. The lowest BCUT2D eigenvalue weighted by Crippen LogP contribution is -2.44. The molecule has 34 heavy (non-hydrogen) atoms. The van der Waals surface area contributed by atoms with Crippen LogP contribution in [0.2, 0.25) is 0 Å². The van der Waals surface area contributed by atoms with Crippen molar-refractivity contribution in [2.24, 2.45) is 5.73 Å². The largest absolute Gasteiger partial charge is 0.445 e. The predicted molar refractivity (Wildman–Crippen MR) is 125 cm³/mol. The molecule has 2 amide bonds. The molecule has 0 radical (unpaired) electrons. The number of hydrogen-bond donors (Lipinski definition) is 1. The maximum Gasteiger partial charge on any atom is 0.404 e. The molecule has 8 nitrogen and oxygen atoms in total. The van der Waals surface area contributed by atoms with Crippen molar-refractivity contribution < 1.29 is 14.3 Å². The Bertz CT molecular complexity index is 1250. The van der Waals surface area contributed by atoms with Crippen LogP contribution in [0.25, 0.3) is 16.9 Å². The Morgan fingerprint density at radius 1 is 1.06 bits per heavy atom. The minimum absolute atomic E-state index is 0.221. The second kappa shape index (κ2) is 9.02. The number of piperidine rings is 1. The van der Waals surface area contributed by atoms with Gasteiger partial charge in [0.15, 0.2) is 5.69 Å². The van der Waals surface area contributed by atoms with Crippen LogP contribution >= 0.6 is 0 Å². The van der Waals surface area contributed by atoms with Crippen molar-refractivity contribution in [3.63, 3.8) is 0 Å². The fraction of sp³-hybridized carbons (Fsp3) is 0.308. The summed E-state index contributed by atoms with van der Waals surface area (Å²) in [6, 6.07) is 19.4. The number of ether oxygens (including phenoxy) is 1. The molecular formula is C26H25N5O3. The SMILES string of the molecule is N#Cc1ccc(-c2cc(C(=O)N3CCC[C@@H](OC(N)=O)C3)nn2-c2ccc(C3CC3)cc2)cc1. The van der Waals surface area contributed by atoms with Crippen molar-refractivity contribution in [1.29, 1.82) is 5.26 Å². The van der Waals surface area contributed by atoms with Crippen LogP contribution in [0.1, 0.15) is 53.2 Å². The van der Waals surface area contributed by atoms with E-state index in [9.17, 15) is 9.59 Å². The fourth-order valence-electron chi connectivity index (χ4n) is 4.45. The van der Waals surface area contributed by atoms with Gasteiger partial charge in [0.25, 0.3) is 5.91 Å². The van der Waals surface area contributed by atoms with Gasteiger partial charge in [0.05, 0.1) is 29.6 Å². The highest BCUT2D eigenvalue weighted by Crippen LogP contribution is 2.40. The zero-order chi connectivity index (χ0) is 23.7. The molecule has 1 aliphatic carbocycles. The van der Waals surface area contributed by atoms with Crippen LogP contribution in [0.15, 0.2) is 54.6 Å². The molecule has 0 bridgehead atoms. The molecule has 2 fully saturated rings. The number of aromatic nitrogens is 2. The fourth-order valence-corrected chi connectivity index (χ4v) is 4.45. The van der Waals surface area contributed by atoms with Crippen LogP contribution < -0.4 is 5.73 Å². The zero-order valence-electron chi connectivity index (χ0n) is 18.7. The van der Waals surface area contributed by atoms with E-state index in [0.29, 0.717) is 30.1 Å². The van der Waals surface area contributed by atoms with Gasteiger partial charge in [0.1, 0.15) is 6.10 Å². The van der Waals surface area contributed by atoms with Crippen molar-refractivity contribution >= 4 is 12.0 Å². The molecule has 3 aromatic rings. The summed E-state index contributed by atoms with van der Waals surface area (Å²) >= 11 is 0. The summed E-state index contributed by atoms with van der Waals surface area (Å²) in [5.74, 6) is 0.428. The lowest BCUT2D eigenvalue weighted by molar-refractivity contribution is 0.0369. The Labute approximate surface area is 197 Å².